The Bertz CT molecular complexity index is 932. The highest BCUT2D eigenvalue weighted by atomic mass is 32.2. The SMILES string of the molecule is C[C@H](Oc1ccc(C(C)(C)C)cc1)C(=O)Nc1cccc(N(C)S(C)(=O)=O)c1. The summed E-state index contributed by atoms with van der Waals surface area (Å²) < 4.78 is 30.2. The van der Waals surface area contributed by atoms with Crippen molar-refractivity contribution >= 4 is 27.3 Å². The van der Waals surface area contributed by atoms with E-state index < -0.39 is 16.1 Å². The number of anilines is 2. The molecule has 1 atom stereocenters. The summed E-state index contributed by atoms with van der Waals surface area (Å²) in [7, 11) is -1.91. The van der Waals surface area contributed by atoms with E-state index in [-0.39, 0.29) is 11.3 Å². The van der Waals surface area contributed by atoms with Gasteiger partial charge in [-0.15, -0.1) is 0 Å². The van der Waals surface area contributed by atoms with E-state index in [9.17, 15) is 13.2 Å². The molecule has 0 aromatic heterocycles. The molecular weight excluding hydrogens is 376 g/mol. The lowest BCUT2D eigenvalue weighted by molar-refractivity contribution is -0.122. The van der Waals surface area contributed by atoms with Gasteiger partial charge in [0.2, 0.25) is 10.0 Å². The molecule has 1 N–H and O–H groups in total. The maximum atomic E-state index is 12.5. The number of ether oxygens (including phenoxy) is 1. The highest BCUT2D eigenvalue weighted by Gasteiger charge is 2.18. The number of carbonyl (C=O) groups excluding carboxylic acids is 1. The molecular formula is C21H28N2O4S. The number of hydrogen-bond acceptors (Lipinski definition) is 4. The van der Waals surface area contributed by atoms with Crippen LogP contribution in [-0.2, 0) is 20.2 Å². The van der Waals surface area contributed by atoms with Gasteiger partial charge < -0.3 is 10.1 Å². The molecule has 0 unspecified atom stereocenters. The second-order valence-electron chi connectivity index (χ2n) is 7.80. The van der Waals surface area contributed by atoms with Crippen LogP contribution in [0.25, 0.3) is 0 Å². The van der Waals surface area contributed by atoms with Crippen LogP contribution in [0.1, 0.15) is 33.3 Å². The van der Waals surface area contributed by atoms with Crippen molar-refractivity contribution in [2.24, 2.45) is 0 Å². The zero-order valence-corrected chi connectivity index (χ0v) is 18.0. The number of sulfonamides is 1. The Balaban J connectivity index is 2.05. The fourth-order valence-electron chi connectivity index (χ4n) is 2.51. The monoisotopic (exact) mass is 404 g/mol. The molecule has 0 radical (unpaired) electrons. The molecule has 0 saturated heterocycles. The second kappa shape index (κ2) is 8.22. The molecule has 1 amide bonds. The van der Waals surface area contributed by atoms with E-state index in [1.807, 2.05) is 24.3 Å². The van der Waals surface area contributed by atoms with Gasteiger partial charge in [0.15, 0.2) is 6.10 Å². The first-order chi connectivity index (χ1) is 12.9. The number of nitrogens with zero attached hydrogens (tertiary/aromatic N) is 1. The third-order valence-electron chi connectivity index (χ3n) is 4.38. The van der Waals surface area contributed by atoms with E-state index in [4.69, 9.17) is 4.74 Å². The van der Waals surface area contributed by atoms with Crippen molar-refractivity contribution in [1.82, 2.24) is 0 Å². The normalized spacial score (nSPS) is 12.9. The van der Waals surface area contributed by atoms with Crippen LogP contribution >= 0.6 is 0 Å². The van der Waals surface area contributed by atoms with E-state index in [1.54, 1.807) is 31.2 Å². The maximum Gasteiger partial charge on any atom is 0.265 e. The molecule has 0 bridgehead atoms. The molecule has 28 heavy (non-hydrogen) atoms. The molecule has 6 nitrogen and oxygen atoms in total. The van der Waals surface area contributed by atoms with Crippen molar-refractivity contribution < 1.29 is 17.9 Å². The van der Waals surface area contributed by atoms with E-state index in [2.05, 4.69) is 26.1 Å². The van der Waals surface area contributed by atoms with Gasteiger partial charge in [-0.3, -0.25) is 9.10 Å². The van der Waals surface area contributed by atoms with Gasteiger partial charge in [-0.05, 0) is 48.2 Å². The molecule has 0 aliphatic rings. The van der Waals surface area contributed by atoms with Crippen molar-refractivity contribution in [2.45, 2.75) is 39.2 Å². The molecule has 0 spiro atoms. The smallest absolute Gasteiger partial charge is 0.265 e. The number of hydrogen-bond donors (Lipinski definition) is 1. The molecule has 0 aliphatic carbocycles. The minimum absolute atomic E-state index is 0.0473. The highest BCUT2D eigenvalue weighted by molar-refractivity contribution is 7.92. The minimum atomic E-state index is -3.38. The Morgan fingerprint density at radius 1 is 1.11 bits per heavy atom. The van der Waals surface area contributed by atoms with Gasteiger partial charge in [0.1, 0.15) is 5.75 Å². The molecule has 152 valence electrons. The quantitative estimate of drug-likeness (QED) is 0.795. The van der Waals surface area contributed by atoms with Crippen LogP contribution in [0.5, 0.6) is 5.75 Å². The largest absolute Gasteiger partial charge is 0.481 e. The summed E-state index contributed by atoms with van der Waals surface area (Å²) in [5.74, 6) is 0.292. The third kappa shape index (κ3) is 5.73. The Morgan fingerprint density at radius 2 is 1.71 bits per heavy atom. The maximum absolute atomic E-state index is 12.5. The summed E-state index contributed by atoms with van der Waals surface area (Å²) >= 11 is 0. The van der Waals surface area contributed by atoms with Gasteiger partial charge >= 0.3 is 0 Å². The van der Waals surface area contributed by atoms with E-state index in [1.165, 1.54) is 12.6 Å². The van der Waals surface area contributed by atoms with Gasteiger partial charge in [-0.25, -0.2) is 8.42 Å². The van der Waals surface area contributed by atoms with Gasteiger partial charge in [0, 0.05) is 12.7 Å². The first-order valence-corrected chi connectivity index (χ1v) is 10.8. The minimum Gasteiger partial charge on any atom is -0.481 e. The van der Waals surface area contributed by atoms with E-state index in [0.717, 1.165) is 10.6 Å². The summed E-state index contributed by atoms with van der Waals surface area (Å²) in [6.07, 6.45) is 0.413. The number of benzene rings is 2. The van der Waals surface area contributed by atoms with Gasteiger partial charge in [0.05, 0.1) is 11.9 Å². The van der Waals surface area contributed by atoms with Crippen molar-refractivity contribution in [2.75, 3.05) is 22.9 Å². The molecule has 0 fully saturated rings. The highest BCUT2D eigenvalue weighted by Crippen LogP contribution is 2.25. The van der Waals surface area contributed by atoms with Crippen molar-refractivity contribution in [3.8, 4) is 5.75 Å². The van der Waals surface area contributed by atoms with E-state index in [0.29, 0.717) is 17.1 Å². The summed E-state index contributed by atoms with van der Waals surface area (Å²) in [5, 5.41) is 2.76. The number of nitrogens with one attached hydrogen (secondary N) is 1. The molecule has 0 saturated carbocycles. The Kier molecular flexibility index (Phi) is 6.39. The van der Waals surface area contributed by atoms with Crippen LogP contribution in [-0.4, -0.2) is 33.7 Å². The average Bonchev–Trinajstić information content (AvgIpc) is 2.60. The molecule has 0 heterocycles. The lowest BCUT2D eigenvalue weighted by atomic mass is 9.87. The first kappa shape index (κ1) is 21.8. The zero-order chi connectivity index (χ0) is 21.1. The Morgan fingerprint density at radius 3 is 2.25 bits per heavy atom. The number of rotatable bonds is 6. The molecule has 2 aromatic carbocycles. The lowest BCUT2D eigenvalue weighted by Gasteiger charge is -2.20. The first-order valence-electron chi connectivity index (χ1n) is 9.00. The fourth-order valence-corrected chi connectivity index (χ4v) is 3.00. The van der Waals surface area contributed by atoms with Crippen LogP contribution in [0.15, 0.2) is 48.5 Å². The average molecular weight is 405 g/mol. The summed E-state index contributed by atoms with van der Waals surface area (Å²) in [6, 6.07) is 14.3. The van der Waals surface area contributed by atoms with Gasteiger partial charge in [-0.2, -0.15) is 0 Å². The van der Waals surface area contributed by atoms with Gasteiger partial charge in [-0.1, -0.05) is 39.0 Å². The van der Waals surface area contributed by atoms with Crippen LogP contribution in [0.2, 0.25) is 0 Å². The summed E-state index contributed by atoms with van der Waals surface area (Å²) in [4.78, 5) is 12.5. The van der Waals surface area contributed by atoms with Crippen LogP contribution < -0.4 is 14.4 Å². The van der Waals surface area contributed by atoms with Crippen LogP contribution in [0.3, 0.4) is 0 Å². The standard InChI is InChI=1S/C21H28N2O4S/c1-15(27-19-12-10-16(11-13-19)21(2,3)4)20(24)22-17-8-7-9-18(14-17)23(5)28(6,25)26/h7-15H,1-6H3,(H,22,24)/t15-/m0/s1. The number of amides is 1. The molecule has 0 aliphatic heterocycles. The Labute approximate surface area is 167 Å². The topological polar surface area (TPSA) is 75.7 Å². The van der Waals surface area contributed by atoms with Gasteiger partial charge in [0.25, 0.3) is 5.91 Å². The van der Waals surface area contributed by atoms with Crippen LogP contribution in [0.4, 0.5) is 11.4 Å². The van der Waals surface area contributed by atoms with Crippen molar-refractivity contribution in [1.29, 1.82) is 0 Å². The lowest BCUT2D eigenvalue weighted by Crippen LogP contribution is -2.30. The summed E-state index contributed by atoms with van der Waals surface area (Å²) in [6.45, 7) is 8.07. The number of carbonyl (C=O) groups is 1. The third-order valence-corrected chi connectivity index (χ3v) is 5.58. The Hall–Kier alpha value is -2.54. The fraction of sp³-hybridized carbons (Fsp3) is 0.381. The summed E-state index contributed by atoms with van der Waals surface area (Å²) in [5.41, 5.74) is 2.19. The predicted molar refractivity (Wildman–Crippen MR) is 114 cm³/mol. The second-order valence-corrected chi connectivity index (χ2v) is 9.82. The van der Waals surface area contributed by atoms with Crippen molar-refractivity contribution in [3.63, 3.8) is 0 Å². The van der Waals surface area contributed by atoms with Crippen molar-refractivity contribution in [3.05, 3.63) is 54.1 Å². The molecule has 2 rings (SSSR count). The zero-order valence-electron chi connectivity index (χ0n) is 17.2. The van der Waals surface area contributed by atoms with E-state index >= 15 is 0 Å². The predicted octanol–water partition coefficient (Wildman–Crippen LogP) is 3.79. The molecule has 7 heteroatoms. The van der Waals surface area contributed by atoms with Crippen LogP contribution in [0, 0.1) is 0 Å². The molecule has 2 aromatic rings.